The van der Waals surface area contributed by atoms with Crippen molar-refractivity contribution in [3.05, 3.63) is 64.2 Å². The molecule has 1 unspecified atom stereocenters. The molecule has 146 valence electrons. The molecule has 8 heteroatoms. The normalized spacial score (nSPS) is 17.6. The molecule has 1 atom stereocenters. The lowest BCUT2D eigenvalue weighted by atomic mass is 9.72. The van der Waals surface area contributed by atoms with E-state index in [0.717, 1.165) is 29.8 Å². The third-order valence-electron chi connectivity index (χ3n) is 5.16. The van der Waals surface area contributed by atoms with Crippen LogP contribution in [0, 0.1) is 0 Å². The topological polar surface area (TPSA) is 100 Å². The van der Waals surface area contributed by atoms with Crippen LogP contribution >= 0.6 is 0 Å². The van der Waals surface area contributed by atoms with Gasteiger partial charge in [-0.05, 0) is 28.7 Å². The average Bonchev–Trinajstić information content (AvgIpc) is 3.15. The highest BCUT2D eigenvalue weighted by molar-refractivity contribution is 6.46. The van der Waals surface area contributed by atoms with E-state index in [9.17, 15) is 9.82 Å². The van der Waals surface area contributed by atoms with E-state index in [1.54, 1.807) is 0 Å². The summed E-state index contributed by atoms with van der Waals surface area (Å²) in [5.41, 5.74) is 5.10. The van der Waals surface area contributed by atoms with Gasteiger partial charge in [-0.2, -0.15) is 0 Å². The third kappa shape index (κ3) is 4.05. The van der Waals surface area contributed by atoms with Gasteiger partial charge in [-0.15, -0.1) is 0 Å². The molecule has 0 aliphatic carbocycles. The number of amides is 1. The summed E-state index contributed by atoms with van der Waals surface area (Å²) in [7, 11) is -1.14. The van der Waals surface area contributed by atoms with Crippen molar-refractivity contribution < 1.29 is 24.3 Å². The second-order valence-corrected chi connectivity index (χ2v) is 7.15. The van der Waals surface area contributed by atoms with Crippen molar-refractivity contribution in [3.63, 3.8) is 0 Å². The maximum absolute atomic E-state index is 12.5. The quantitative estimate of drug-likeness (QED) is 0.428. The number of aliphatic hydroxyl groups is 1. The van der Waals surface area contributed by atoms with Gasteiger partial charge in [0, 0.05) is 18.7 Å². The van der Waals surface area contributed by atoms with Gasteiger partial charge in [-0.3, -0.25) is 4.79 Å². The second kappa shape index (κ2) is 8.32. The molecule has 0 spiro atoms. The van der Waals surface area contributed by atoms with E-state index in [0.29, 0.717) is 12.2 Å². The molecule has 0 bridgehead atoms. The molecular formula is C20H23BN2O5. The minimum atomic E-state index is -1.14. The van der Waals surface area contributed by atoms with Crippen LogP contribution in [0.4, 0.5) is 0 Å². The van der Waals surface area contributed by atoms with Crippen LogP contribution in [0.1, 0.15) is 27.8 Å². The van der Waals surface area contributed by atoms with Gasteiger partial charge in [-0.1, -0.05) is 36.4 Å². The smallest absolute Gasteiger partial charge is 0.534 e. The summed E-state index contributed by atoms with van der Waals surface area (Å²) in [6.45, 7) is 1.51. The first kappa shape index (κ1) is 19.0. The van der Waals surface area contributed by atoms with Gasteiger partial charge in [0.2, 0.25) is 5.91 Å². The van der Waals surface area contributed by atoms with Gasteiger partial charge in [0.25, 0.3) is 0 Å². The first-order chi connectivity index (χ1) is 13.6. The van der Waals surface area contributed by atoms with Gasteiger partial charge >= 0.3 is 7.12 Å². The molecule has 7 nitrogen and oxygen atoms in total. The van der Waals surface area contributed by atoms with E-state index in [4.69, 9.17) is 14.5 Å². The van der Waals surface area contributed by atoms with E-state index in [1.807, 2.05) is 24.3 Å². The van der Waals surface area contributed by atoms with Crippen LogP contribution < -0.4 is 15.3 Å². The van der Waals surface area contributed by atoms with Gasteiger partial charge < -0.3 is 30.2 Å². The fraction of sp³-hybridized carbons (Fsp3) is 0.350. The Morgan fingerprint density at radius 1 is 1.25 bits per heavy atom. The highest BCUT2D eigenvalue weighted by Gasteiger charge is 2.36. The molecule has 0 aromatic heterocycles. The molecular weight excluding hydrogens is 359 g/mol. The number of nitrogens with one attached hydrogen (secondary N) is 2. The summed E-state index contributed by atoms with van der Waals surface area (Å²) in [4.78, 5) is 12.5. The van der Waals surface area contributed by atoms with Crippen molar-refractivity contribution in [1.29, 1.82) is 0 Å². The maximum atomic E-state index is 12.5. The minimum Gasteiger partial charge on any atom is -0.534 e. The van der Waals surface area contributed by atoms with Crippen LogP contribution in [0.5, 0.6) is 5.75 Å². The summed E-state index contributed by atoms with van der Waals surface area (Å²) in [6, 6.07) is 11.7. The van der Waals surface area contributed by atoms with Crippen molar-refractivity contribution in [1.82, 2.24) is 10.6 Å². The van der Waals surface area contributed by atoms with Crippen LogP contribution in [0.3, 0.4) is 0 Å². The standard InChI is InChI=1S/C20H23BN2O5/c24-12-27-11-16-3-1-2-14-8-18(21(26)28-20(14)16)23-19(25)7-13-4-5-15-9-22-10-17(15)6-13/h1-6,18,22,24,26H,7-12H2,(H,23,25). The number of hydrogen-bond acceptors (Lipinski definition) is 6. The molecule has 2 aliphatic rings. The summed E-state index contributed by atoms with van der Waals surface area (Å²) in [5.74, 6) is -0.119. The fourth-order valence-electron chi connectivity index (χ4n) is 3.78. The number of benzene rings is 2. The van der Waals surface area contributed by atoms with Crippen molar-refractivity contribution in [2.24, 2.45) is 0 Å². The summed E-state index contributed by atoms with van der Waals surface area (Å²) < 4.78 is 10.7. The zero-order chi connectivity index (χ0) is 19.5. The Morgan fingerprint density at radius 3 is 2.96 bits per heavy atom. The number of aliphatic hydroxyl groups excluding tert-OH is 1. The number of hydrogen-bond donors (Lipinski definition) is 4. The van der Waals surface area contributed by atoms with E-state index < -0.39 is 13.1 Å². The van der Waals surface area contributed by atoms with E-state index in [-0.39, 0.29) is 25.7 Å². The predicted octanol–water partition coefficient (Wildman–Crippen LogP) is 0.438. The van der Waals surface area contributed by atoms with Crippen molar-refractivity contribution in [2.75, 3.05) is 6.79 Å². The fourth-order valence-corrected chi connectivity index (χ4v) is 3.78. The first-order valence-electron chi connectivity index (χ1n) is 9.39. The summed E-state index contributed by atoms with van der Waals surface area (Å²) >= 11 is 0. The number of rotatable bonds is 6. The molecule has 28 heavy (non-hydrogen) atoms. The Kier molecular flexibility index (Phi) is 5.63. The Labute approximate surface area is 163 Å². The lowest BCUT2D eigenvalue weighted by molar-refractivity contribution is -0.120. The average molecular weight is 382 g/mol. The number of carbonyl (C=O) groups is 1. The zero-order valence-corrected chi connectivity index (χ0v) is 15.5. The molecule has 2 aliphatic heterocycles. The molecule has 2 heterocycles. The van der Waals surface area contributed by atoms with Crippen LogP contribution in [-0.2, 0) is 42.1 Å². The lowest BCUT2D eigenvalue weighted by Gasteiger charge is -2.29. The second-order valence-electron chi connectivity index (χ2n) is 7.15. The van der Waals surface area contributed by atoms with E-state index >= 15 is 0 Å². The molecule has 1 amide bonds. The van der Waals surface area contributed by atoms with E-state index in [1.165, 1.54) is 11.1 Å². The molecule has 0 saturated heterocycles. The highest BCUT2D eigenvalue weighted by Crippen LogP contribution is 2.30. The minimum absolute atomic E-state index is 0.151. The molecule has 0 radical (unpaired) electrons. The molecule has 4 N–H and O–H groups in total. The summed E-state index contributed by atoms with van der Waals surface area (Å²) in [5, 5.41) is 25.4. The number of ether oxygens (including phenoxy) is 1. The molecule has 0 fully saturated rings. The SMILES string of the molecule is O=C(Cc1ccc2c(c1)CNC2)NC1Cc2cccc(COCO)c2OB1O. The maximum Gasteiger partial charge on any atom is 0.547 e. The Morgan fingerprint density at radius 2 is 2.11 bits per heavy atom. The van der Waals surface area contributed by atoms with Gasteiger partial charge in [0.1, 0.15) is 12.5 Å². The molecule has 0 saturated carbocycles. The largest absolute Gasteiger partial charge is 0.547 e. The Hall–Kier alpha value is -2.39. The third-order valence-corrected chi connectivity index (χ3v) is 5.16. The monoisotopic (exact) mass is 382 g/mol. The van der Waals surface area contributed by atoms with Crippen molar-refractivity contribution in [3.8, 4) is 5.75 Å². The molecule has 2 aromatic rings. The van der Waals surface area contributed by atoms with Crippen molar-refractivity contribution in [2.45, 2.75) is 38.5 Å². The first-order valence-corrected chi connectivity index (χ1v) is 9.39. The van der Waals surface area contributed by atoms with Gasteiger partial charge in [0.05, 0.1) is 19.0 Å². The van der Waals surface area contributed by atoms with Gasteiger partial charge in [0.15, 0.2) is 0 Å². The van der Waals surface area contributed by atoms with Crippen LogP contribution in [-0.4, -0.2) is 35.9 Å². The highest BCUT2D eigenvalue weighted by atomic mass is 16.6. The van der Waals surface area contributed by atoms with Crippen LogP contribution in [0.15, 0.2) is 36.4 Å². The summed E-state index contributed by atoms with van der Waals surface area (Å²) in [6.07, 6.45) is 0.719. The Bertz CT molecular complexity index is 876. The predicted molar refractivity (Wildman–Crippen MR) is 103 cm³/mol. The number of fused-ring (bicyclic) bond motifs is 2. The van der Waals surface area contributed by atoms with Crippen LogP contribution in [0.25, 0.3) is 0 Å². The number of carbonyl (C=O) groups excluding carboxylic acids is 1. The molecule has 4 rings (SSSR count). The molecule has 2 aromatic carbocycles. The lowest BCUT2D eigenvalue weighted by Crippen LogP contribution is -2.53. The zero-order valence-electron chi connectivity index (χ0n) is 15.5. The van der Waals surface area contributed by atoms with Gasteiger partial charge in [-0.25, -0.2) is 0 Å². The number of para-hydroxylation sites is 1. The van der Waals surface area contributed by atoms with Crippen molar-refractivity contribution >= 4 is 13.0 Å². The van der Waals surface area contributed by atoms with E-state index in [2.05, 4.69) is 22.8 Å². The Balaban J connectivity index is 1.41. The van der Waals surface area contributed by atoms with Crippen LogP contribution in [0.2, 0.25) is 0 Å².